The molecule has 2 aromatic rings. The molecule has 1 aliphatic heterocycles. The van der Waals surface area contributed by atoms with Gasteiger partial charge in [-0.2, -0.15) is 5.10 Å². The Labute approximate surface area is 187 Å². The van der Waals surface area contributed by atoms with Gasteiger partial charge >= 0.3 is 6.09 Å². The maximum absolute atomic E-state index is 13.3. The maximum atomic E-state index is 13.3. The van der Waals surface area contributed by atoms with Crippen molar-refractivity contribution in [3.63, 3.8) is 0 Å². The third-order valence-electron chi connectivity index (χ3n) is 5.79. The number of aromatic nitrogens is 3. The Hall–Kier alpha value is -2.98. The van der Waals surface area contributed by atoms with Crippen LogP contribution in [-0.2, 0) is 16.1 Å². The fraction of sp³-hybridized carbons (Fsp3) is 0.545. The molecule has 10 nitrogen and oxygen atoms in total. The zero-order valence-electron chi connectivity index (χ0n) is 18.2. The van der Waals surface area contributed by atoms with Gasteiger partial charge in [-0.1, -0.05) is 6.07 Å². The van der Waals surface area contributed by atoms with Gasteiger partial charge in [0.05, 0.1) is 29.7 Å². The molecule has 0 aromatic carbocycles. The van der Waals surface area contributed by atoms with Crippen LogP contribution in [0, 0.1) is 0 Å². The van der Waals surface area contributed by atoms with Gasteiger partial charge < -0.3 is 25.4 Å². The third kappa shape index (κ3) is 5.25. The van der Waals surface area contributed by atoms with Crippen LogP contribution in [0.5, 0.6) is 0 Å². The minimum atomic E-state index is -1.04. The van der Waals surface area contributed by atoms with Crippen LogP contribution in [0.4, 0.5) is 4.79 Å². The number of rotatable bonds is 9. The van der Waals surface area contributed by atoms with Gasteiger partial charge in [0.2, 0.25) is 0 Å². The topological polar surface area (TPSA) is 122 Å². The lowest BCUT2D eigenvalue weighted by Gasteiger charge is -2.33. The van der Waals surface area contributed by atoms with Crippen LogP contribution >= 0.6 is 0 Å². The summed E-state index contributed by atoms with van der Waals surface area (Å²) in [7, 11) is 0. The second-order valence-corrected chi connectivity index (χ2v) is 8.19. The Bertz CT molecular complexity index is 924. The normalized spacial score (nSPS) is 19.3. The van der Waals surface area contributed by atoms with Crippen molar-refractivity contribution in [3.8, 4) is 11.4 Å². The van der Waals surface area contributed by atoms with Crippen LogP contribution < -0.4 is 10.6 Å². The number of carboxylic acid groups (broad SMARTS) is 1. The lowest BCUT2D eigenvalue weighted by atomic mass is 10.1. The summed E-state index contributed by atoms with van der Waals surface area (Å²) in [5.41, 5.74) is 2.43. The lowest BCUT2D eigenvalue weighted by Crippen LogP contribution is -2.50. The van der Waals surface area contributed by atoms with E-state index in [0.717, 1.165) is 36.5 Å². The van der Waals surface area contributed by atoms with Crippen molar-refractivity contribution in [2.45, 2.75) is 50.9 Å². The molecule has 1 saturated carbocycles. The first kappa shape index (κ1) is 22.2. The highest BCUT2D eigenvalue weighted by Crippen LogP contribution is 2.36. The molecule has 172 valence electrons. The Morgan fingerprint density at radius 3 is 2.91 bits per heavy atom. The Morgan fingerprint density at radius 2 is 2.25 bits per heavy atom. The van der Waals surface area contributed by atoms with Gasteiger partial charge in [0, 0.05) is 38.4 Å². The number of carbonyl (C=O) groups is 2. The van der Waals surface area contributed by atoms with Crippen LogP contribution in [0.25, 0.3) is 11.4 Å². The maximum Gasteiger partial charge on any atom is 0.404 e. The zero-order valence-corrected chi connectivity index (χ0v) is 18.2. The molecule has 0 unspecified atom stereocenters. The minimum absolute atomic E-state index is 0.00629. The molecule has 1 saturated heterocycles. The highest BCUT2D eigenvalue weighted by atomic mass is 16.5. The molecule has 2 aliphatic rings. The van der Waals surface area contributed by atoms with Crippen LogP contribution in [0.3, 0.4) is 0 Å². The van der Waals surface area contributed by atoms with E-state index in [1.54, 1.807) is 6.20 Å². The predicted octanol–water partition coefficient (Wildman–Crippen LogP) is 1.64. The second-order valence-electron chi connectivity index (χ2n) is 8.19. The van der Waals surface area contributed by atoms with Gasteiger partial charge in [-0.25, -0.2) is 4.79 Å². The molecule has 0 radical (unpaired) electrons. The number of nitrogens with zero attached hydrogens (tertiary/aromatic N) is 4. The van der Waals surface area contributed by atoms with Gasteiger partial charge in [-0.05, 0) is 44.4 Å². The number of ether oxygens (including phenoxy) is 1. The number of amides is 2. The largest absolute Gasteiger partial charge is 0.465 e. The van der Waals surface area contributed by atoms with Crippen molar-refractivity contribution < 1.29 is 19.4 Å². The summed E-state index contributed by atoms with van der Waals surface area (Å²) in [4.78, 5) is 30.4. The molecule has 0 spiro atoms. The smallest absolute Gasteiger partial charge is 0.404 e. The molecule has 3 heterocycles. The van der Waals surface area contributed by atoms with Crippen LogP contribution in [0.2, 0.25) is 0 Å². The number of hydrogen-bond acceptors (Lipinski definition) is 6. The van der Waals surface area contributed by atoms with Gasteiger partial charge in [0.1, 0.15) is 6.10 Å². The fourth-order valence-electron chi connectivity index (χ4n) is 4.03. The molecule has 4 rings (SSSR count). The van der Waals surface area contributed by atoms with Crippen molar-refractivity contribution in [2.24, 2.45) is 0 Å². The number of hydrogen-bond donors (Lipinski definition) is 3. The zero-order chi connectivity index (χ0) is 22.5. The van der Waals surface area contributed by atoms with E-state index in [9.17, 15) is 9.59 Å². The van der Waals surface area contributed by atoms with Crippen LogP contribution in [-0.4, -0.2) is 75.2 Å². The third-order valence-corrected chi connectivity index (χ3v) is 5.79. The standard InChI is InChI=1S/C22H30N6O4/c1-15(28(16-6-7-16)21(29)20-14-23-10-12-32-20)18-13-19(17-5-2-3-8-24-17)27(26-18)11-4-9-25-22(30)31/h2-3,5,8,13,15-16,20,23,25H,4,6-7,9-12,14H2,1H3,(H,30,31)/t15-,20+/m0/s1. The molecule has 2 amide bonds. The van der Waals surface area contributed by atoms with Crippen molar-refractivity contribution in [1.29, 1.82) is 0 Å². The average molecular weight is 443 g/mol. The molecule has 10 heteroatoms. The number of nitrogens with one attached hydrogen (secondary N) is 2. The van der Waals surface area contributed by atoms with E-state index in [0.29, 0.717) is 32.7 Å². The molecule has 2 fully saturated rings. The first-order valence-electron chi connectivity index (χ1n) is 11.1. The summed E-state index contributed by atoms with van der Waals surface area (Å²) in [5.74, 6) is 0.00629. The Morgan fingerprint density at radius 1 is 1.41 bits per heavy atom. The molecule has 32 heavy (non-hydrogen) atoms. The highest BCUT2D eigenvalue weighted by molar-refractivity contribution is 5.82. The predicted molar refractivity (Wildman–Crippen MR) is 117 cm³/mol. The number of carbonyl (C=O) groups excluding carboxylic acids is 1. The number of aryl methyl sites for hydroxylation is 1. The summed E-state index contributed by atoms with van der Waals surface area (Å²) in [6.45, 7) is 4.70. The molecule has 0 bridgehead atoms. The molecule has 2 aromatic heterocycles. The van der Waals surface area contributed by atoms with E-state index in [1.165, 1.54) is 0 Å². The van der Waals surface area contributed by atoms with E-state index < -0.39 is 12.2 Å². The van der Waals surface area contributed by atoms with E-state index >= 15 is 0 Å². The van der Waals surface area contributed by atoms with E-state index in [-0.39, 0.29) is 18.0 Å². The summed E-state index contributed by atoms with van der Waals surface area (Å²) >= 11 is 0. The summed E-state index contributed by atoms with van der Waals surface area (Å²) in [6, 6.07) is 7.69. The molecular formula is C22H30N6O4. The monoisotopic (exact) mass is 442 g/mol. The molecule has 3 N–H and O–H groups in total. The minimum Gasteiger partial charge on any atom is -0.465 e. The first-order valence-corrected chi connectivity index (χ1v) is 11.1. The van der Waals surface area contributed by atoms with E-state index in [1.807, 2.05) is 40.8 Å². The average Bonchev–Trinajstić information content (AvgIpc) is 3.55. The number of pyridine rings is 1. The van der Waals surface area contributed by atoms with Gasteiger partial charge in [-0.3, -0.25) is 14.5 Å². The van der Waals surface area contributed by atoms with Crippen LogP contribution in [0.15, 0.2) is 30.5 Å². The van der Waals surface area contributed by atoms with Gasteiger partial charge in [0.15, 0.2) is 0 Å². The summed E-state index contributed by atoms with van der Waals surface area (Å²) in [5, 5.41) is 19.2. The van der Waals surface area contributed by atoms with Crippen molar-refractivity contribution in [3.05, 3.63) is 36.2 Å². The summed E-state index contributed by atoms with van der Waals surface area (Å²) < 4.78 is 7.58. The second kappa shape index (κ2) is 10.1. The van der Waals surface area contributed by atoms with E-state index in [4.69, 9.17) is 14.9 Å². The number of morpholine rings is 1. The Kier molecular flexibility index (Phi) is 7.01. The van der Waals surface area contributed by atoms with Gasteiger partial charge in [0.25, 0.3) is 5.91 Å². The first-order chi connectivity index (χ1) is 15.5. The summed E-state index contributed by atoms with van der Waals surface area (Å²) in [6.07, 6.45) is 2.80. The van der Waals surface area contributed by atoms with Crippen molar-refractivity contribution >= 4 is 12.0 Å². The van der Waals surface area contributed by atoms with Crippen molar-refractivity contribution in [2.75, 3.05) is 26.2 Å². The highest BCUT2D eigenvalue weighted by Gasteiger charge is 2.40. The van der Waals surface area contributed by atoms with E-state index in [2.05, 4.69) is 15.6 Å². The fourth-order valence-corrected chi connectivity index (χ4v) is 4.03. The van der Waals surface area contributed by atoms with Gasteiger partial charge in [-0.15, -0.1) is 0 Å². The molecule has 1 aliphatic carbocycles. The molecule has 2 atom stereocenters. The quantitative estimate of drug-likeness (QED) is 0.505. The lowest BCUT2D eigenvalue weighted by molar-refractivity contribution is -0.148. The molecular weight excluding hydrogens is 412 g/mol. The SMILES string of the molecule is C[C@@H](c1cc(-c2ccccn2)n(CCCNC(=O)O)n1)N(C(=O)[C@H]1CNCCO1)C1CC1. The Balaban J connectivity index is 1.56. The van der Waals surface area contributed by atoms with Crippen LogP contribution in [0.1, 0.15) is 37.9 Å². The van der Waals surface area contributed by atoms with Crippen molar-refractivity contribution in [1.82, 2.24) is 30.3 Å².